The lowest BCUT2D eigenvalue weighted by atomic mass is 10.1. The molecule has 28 heavy (non-hydrogen) atoms. The summed E-state index contributed by atoms with van der Waals surface area (Å²) in [4.78, 5) is 24.5. The fourth-order valence-corrected chi connectivity index (χ4v) is 2.50. The number of anilines is 1. The summed E-state index contributed by atoms with van der Waals surface area (Å²) in [5.74, 6) is -1.21. The maximum atomic E-state index is 13.0. The molecule has 140 valence electrons. The molecule has 3 rings (SSSR count). The van der Waals surface area contributed by atoms with Crippen LogP contribution >= 0.6 is 0 Å². The van der Waals surface area contributed by atoms with Gasteiger partial charge < -0.3 is 5.32 Å². The highest BCUT2D eigenvalue weighted by Crippen LogP contribution is 2.13. The van der Waals surface area contributed by atoms with Crippen molar-refractivity contribution in [2.45, 2.75) is 6.92 Å². The Balaban J connectivity index is 1.65. The molecule has 0 aliphatic rings. The summed E-state index contributed by atoms with van der Waals surface area (Å²) in [5, 5.41) is 6.66. The molecule has 0 spiro atoms. The minimum atomic E-state index is -0.415. The van der Waals surface area contributed by atoms with Gasteiger partial charge in [-0.1, -0.05) is 30.3 Å². The number of nitrogens with zero attached hydrogens (tertiary/aromatic N) is 1. The van der Waals surface area contributed by atoms with Crippen LogP contribution in [0.4, 0.5) is 10.1 Å². The third-order valence-corrected chi connectivity index (χ3v) is 4.05. The molecule has 0 fully saturated rings. The van der Waals surface area contributed by atoms with Crippen LogP contribution < -0.4 is 10.7 Å². The zero-order valence-electron chi connectivity index (χ0n) is 15.1. The normalized spacial score (nSPS) is 10.6. The van der Waals surface area contributed by atoms with Gasteiger partial charge in [0.2, 0.25) is 0 Å². The lowest BCUT2D eigenvalue weighted by Crippen LogP contribution is -2.18. The minimum Gasteiger partial charge on any atom is -0.322 e. The molecular formula is C22H18FN3O2. The SMILES string of the molecule is Cc1ccccc1/C=N\NC(=O)c1cccc(NC(=O)c2ccc(F)cc2)c1. The summed E-state index contributed by atoms with van der Waals surface area (Å²) >= 11 is 0. The zero-order valence-corrected chi connectivity index (χ0v) is 15.1. The van der Waals surface area contributed by atoms with Crippen LogP contribution in [0.15, 0.2) is 77.9 Å². The first kappa shape index (κ1) is 19.0. The van der Waals surface area contributed by atoms with Gasteiger partial charge >= 0.3 is 0 Å². The molecule has 0 saturated heterocycles. The van der Waals surface area contributed by atoms with Crippen LogP contribution in [0.25, 0.3) is 0 Å². The fraction of sp³-hybridized carbons (Fsp3) is 0.0455. The smallest absolute Gasteiger partial charge is 0.271 e. The van der Waals surface area contributed by atoms with Crippen LogP contribution in [0.2, 0.25) is 0 Å². The van der Waals surface area contributed by atoms with Crippen molar-refractivity contribution in [3.63, 3.8) is 0 Å². The lowest BCUT2D eigenvalue weighted by molar-refractivity contribution is 0.0953. The van der Waals surface area contributed by atoms with Gasteiger partial charge in [0.25, 0.3) is 11.8 Å². The molecule has 3 aromatic carbocycles. The molecule has 6 heteroatoms. The summed E-state index contributed by atoms with van der Waals surface area (Å²) in [7, 11) is 0. The van der Waals surface area contributed by atoms with Gasteiger partial charge in [0.05, 0.1) is 6.21 Å². The number of rotatable bonds is 5. The Morgan fingerprint density at radius 1 is 0.893 bits per heavy atom. The van der Waals surface area contributed by atoms with Crippen LogP contribution in [-0.4, -0.2) is 18.0 Å². The van der Waals surface area contributed by atoms with E-state index in [0.717, 1.165) is 11.1 Å². The summed E-state index contributed by atoms with van der Waals surface area (Å²) in [6.07, 6.45) is 1.58. The van der Waals surface area contributed by atoms with Crippen LogP contribution in [0, 0.1) is 12.7 Å². The van der Waals surface area contributed by atoms with Gasteiger partial charge in [0.1, 0.15) is 5.82 Å². The first-order valence-electron chi connectivity index (χ1n) is 8.59. The lowest BCUT2D eigenvalue weighted by Gasteiger charge is -2.07. The van der Waals surface area contributed by atoms with Gasteiger partial charge in [-0.25, -0.2) is 9.82 Å². The monoisotopic (exact) mass is 375 g/mol. The van der Waals surface area contributed by atoms with Gasteiger partial charge in [-0.3, -0.25) is 9.59 Å². The Kier molecular flexibility index (Phi) is 5.91. The highest BCUT2D eigenvalue weighted by Gasteiger charge is 2.09. The summed E-state index contributed by atoms with van der Waals surface area (Å²) < 4.78 is 13.0. The fourth-order valence-electron chi connectivity index (χ4n) is 2.50. The second kappa shape index (κ2) is 8.73. The van der Waals surface area contributed by atoms with Crippen molar-refractivity contribution in [2.75, 3.05) is 5.32 Å². The van der Waals surface area contributed by atoms with E-state index >= 15 is 0 Å². The van der Waals surface area contributed by atoms with Crippen LogP contribution in [0.5, 0.6) is 0 Å². The molecule has 0 bridgehead atoms. The Labute approximate surface area is 161 Å². The van der Waals surface area contributed by atoms with E-state index in [4.69, 9.17) is 0 Å². The molecule has 0 heterocycles. The molecule has 0 atom stereocenters. The van der Waals surface area contributed by atoms with Crippen LogP contribution in [-0.2, 0) is 0 Å². The second-order valence-corrected chi connectivity index (χ2v) is 6.10. The predicted octanol–water partition coefficient (Wildman–Crippen LogP) is 4.15. The number of aryl methyl sites for hydroxylation is 1. The molecule has 0 saturated carbocycles. The first-order chi connectivity index (χ1) is 13.5. The highest BCUT2D eigenvalue weighted by molar-refractivity contribution is 6.05. The van der Waals surface area contributed by atoms with Crippen molar-refractivity contribution in [2.24, 2.45) is 5.10 Å². The predicted molar refractivity (Wildman–Crippen MR) is 107 cm³/mol. The molecular weight excluding hydrogens is 357 g/mol. The maximum Gasteiger partial charge on any atom is 0.271 e. The Bertz CT molecular complexity index is 1030. The van der Waals surface area contributed by atoms with E-state index in [1.54, 1.807) is 30.5 Å². The molecule has 0 unspecified atom stereocenters. The summed E-state index contributed by atoms with van der Waals surface area (Å²) in [6, 6.07) is 19.4. The quantitative estimate of drug-likeness (QED) is 0.519. The zero-order chi connectivity index (χ0) is 19.9. The Morgan fingerprint density at radius 2 is 1.64 bits per heavy atom. The van der Waals surface area contributed by atoms with Gasteiger partial charge in [-0.2, -0.15) is 5.10 Å². The maximum absolute atomic E-state index is 13.0. The van der Waals surface area contributed by atoms with Crippen molar-refractivity contribution in [3.05, 3.63) is 101 Å². The second-order valence-electron chi connectivity index (χ2n) is 6.10. The number of benzene rings is 3. The molecule has 0 aliphatic heterocycles. The van der Waals surface area contributed by atoms with Gasteiger partial charge in [-0.15, -0.1) is 0 Å². The van der Waals surface area contributed by atoms with Gasteiger partial charge in [0.15, 0.2) is 0 Å². The third kappa shape index (κ3) is 4.88. The molecule has 2 amide bonds. The number of carbonyl (C=O) groups excluding carboxylic acids is 2. The van der Waals surface area contributed by atoms with Crippen molar-refractivity contribution in [1.29, 1.82) is 0 Å². The van der Waals surface area contributed by atoms with E-state index in [9.17, 15) is 14.0 Å². The molecule has 0 aliphatic carbocycles. The molecule has 5 nitrogen and oxygen atoms in total. The van der Waals surface area contributed by atoms with E-state index in [0.29, 0.717) is 16.8 Å². The van der Waals surface area contributed by atoms with E-state index in [1.807, 2.05) is 31.2 Å². The van der Waals surface area contributed by atoms with Gasteiger partial charge in [-0.05, 0) is 60.5 Å². The average Bonchev–Trinajstić information content (AvgIpc) is 2.70. The number of carbonyl (C=O) groups is 2. The van der Waals surface area contributed by atoms with Crippen LogP contribution in [0.1, 0.15) is 31.8 Å². The Hall–Kier alpha value is -3.80. The number of hydrazone groups is 1. The number of amides is 2. The van der Waals surface area contributed by atoms with E-state index < -0.39 is 17.6 Å². The molecule has 2 N–H and O–H groups in total. The van der Waals surface area contributed by atoms with E-state index in [1.165, 1.54) is 24.3 Å². The third-order valence-electron chi connectivity index (χ3n) is 4.05. The minimum absolute atomic E-state index is 0.319. The number of hydrogen-bond donors (Lipinski definition) is 2. The highest BCUT2D eigenvalue weighted by atomic mass is 19.1. The number of hydrogen-bond acceptors (Lipinski definition) is 3. The summed E-state index contributed by atoms with van der Waals surface area (Å²) in [6.45, 7) is 1.95. The van der Waals surface area contributed by atoms with Crippen molar-refractivity contribution < 1.29 is 14.0 Å². The summed E-state index contributed by atoms with van der Waals surface area (Å²) in [5.41, 5.74) is 5.54. The number of nitrogens with one attached hydrogen (secondary N) is 2. The van der Waals surface area contributed by atoms with E-state index in [2.05, 4.69) is 15.8 Å². The Morgan fingerprint density at radius 3 is 2.39 bits per heavy atom. The van der Waals surface area contributed by atoms with Crippen LogP contribution in [0.3, 0.4) is 0 Å². The molecule has 0 radical (unpaired) electrons. The average molecular weight is 375 g/mol. The number of halogens is 1. The topological polar surface area (TPSA) is 70.6 Å². The van der Waals surface area contributed by atoms with Crippen molar-refractivity contribution >= 4 is 23.7 Å². The first-order valence-corrected chi connectivity index (χ1v) is 8.59. The standard InChI is InChI=1S/C22H18FN3O2/c1-15-5-2-3-6-18(15)14-24-26-22(28)17-7-4-8-20(13-17)25-21(27)16-9-11-19(23)12-10-16/h2-14H,1H3,(H,25,27)(H,26,28)/b24-14-. The van der Waals surface area contributed by atoms with E-state index in [-0.39, 0.29) is 0 Å². The van der Waals surface area contributed by atoms with Crippen molar-refractivity contribution in [1.82, 2.24) is 5.43 Å². The molecule has 3 aromatic rings. The van der Waals surface area contributed by atoms with Crippen molar-refractivity contribution in [3.8, 4) is 0 Å². The largest absolute Gasteiger partial charge is 0.322 e. The molecule has 0 aromatic heterocycles. The van der Waals surface area contributed by atoms with Gasteiger partial charge in [0, 0.05) is 16.8 Å².